The summed E-state index contributed by atoms with van der Waals surface area (Å²) in [4.78, 5) is 0. The lowest BCUT2D eigenvalue weighted by atomic mass is 10.00. The average Bonchev–Trinajstić information content (AvgIpc) is 2.69. The van der Waals surface area contributed by atoms with Crippen LogP contribution in [0.2, 0.25) is 0 Å². The third-order valence-corrected chi connectivity index (χ3v) is 3.46. The normalized spacial score (nSPS) is 17.8. The number of fused-ring (bicyclic) bond motifs is 1. The highest BCUT2D eigenvalue weighted by Gasteiger charge is 2.19. The van der Waals surface area contributed by atoms with Gasteiger partial charge in [0.25, 0.3) is 0 Å². The molecule has 0 aliphatic heterocycles. The van der Waals surface area contributed by atoms with E-state index in [0.29, 0.717) is 5.56 Å². The van der Waals surface area contributed by atoms with Crippen LogP contribution >= 0.6 is 0 Å². The molecule has 1 aliphatic rings. The van der Waals surface area contributed by atoms with Crippen LogP contribution in [0.25, 0.3) is 11.1 Å². The third-order valence-electron chi connectivity index (χ3n) is 3.46. The van der Waals surface area contributed by atoms with E-state index in [9.17, 15) is 8.78 Å². The number of hydrogen-bond donors (Lipinski definition) is 1. The standard InChI is InChI=1S/C15H13F2N/c16-12-6-11(7-13(17)8-12)9-1-3-14-10(5-9)2-4-15(14)18/h1,3,5-8,15H,2,4,18H2. The molecular weight excluding hydrogens is 232 g/mol. The van der Waals surface area contributed by atoms with Gasteiger partial charge in [0, 0.05) is 12.1 Å². The molecule has 2 aromatic carbocycles. The molecule has 0 aromatic heterocycles. The van der Waals surface area contributed by atoms with Crippen LogP contribution in [-0.4, -0.2) is 0 Å². The van der Waals surface area contributed by atoms with E-state index < -0.39 is 11.6 Å². The van der Waals surface area contributed by atoms with E-state index in [4.69, 9.17) is 5.73 Å². The highest BCUT2D eigenvalue weighted by Crippen LogP contribution is 2.33. The zero-order valence-corrected chi connectivity index (χ0v) is 9.79. The Kier molecular flexibility index (Phi) is 2.63. The third kappa shape index (κ3) is 1.91. The van der Waals surface area contributed by atoms with Gasteiger partial charge < -0.3 is 5.73 Å². The fourth-order valence-corrected chi connectivity index (χ4v) is 2.55. The molecule has 1 unspecified atom stereocenters. The van der Waals surface area contributed by atoms with Crippen molar-refractivity contribution in [3.63, 3.8) is 0 Å². The van der Waals surface area contributed by atoms with Gasteiger partial charge in [-0.1, -0.05) is 18.2 Å². The zero-order chi connectivity index (χ0) is 12.7. The van der Waals surface area contributed by atoms with Gasteiger partial charge in [-0.15, -0.1) is 0 Å². The van der Waals surface area contributed by atoms with Crippen LogP contribution in [0.4, 0.5) is 8.78 Å². The van der Waals surface area contributed by atoms with Crippen molar-refractivity contribution in [3.8, 4) is 11.1 Å². The summed E-state index contributed by atoms with van der Waals surface area (Å²) in [6, 6.07) is 9.49. The van der Waals surface area contributed by atoms with E-state index in [1.165, 1.54) is 17.7 Å². The Morgan fingerprint density at radius 1 is 0.944 bits per heavy atom. The highest BCUT2D eigenvalue weighted by molar-refractivity contribution is 5.65. The Hall–Kier alpha value is -1.74. The van der Waals surface area contributed by atoms with Crippen molar-refractivity contribution < 1.29 is 8.78 Å². The molecule has 0 bridgehead atoms. The number of halogens is 2. The number of nitrogens with two attached hydrogens (primary N) is 1. The minimum atomic E-state index is -0.554. The van der Waals surface area contributed by atoms with Gasteiger partial charge in [-0.25, -0.2) is 8.78 Å². The Morgan fingerprint density at radius 3 is 2.39 bits per heavy atom. The predicted octanol–water partition coefficient (Wildman–Crippen LogP) is 3.58. The van der Waals surface area contributed by atoms with E-state index in [1.807, 2.05) is 18.2 Å². The van der Waals surface area contributed by atoms with Crippen LogP contribution in [0.5, 0.6) is 0 Å². The Morgan fingerprint density at radius 2 is 1.67 bits per heavy atom. The largest absolute Gasteiger partial charge is 0.324 e. The monoisotopic (exact) mass is 245 g/mol. The van der Waals surface area contributed by atoms with Gasteiger partial charge in [-0.3, -0.25) is 0 Å². The molecule has 0 heterocycles. The SMILES string of the molecule is NC1CCc2cc(-c3cc(F)cc(F)c3)ccc21. The van der Waals surface area contributed by atoms with Crippen molar-refractivity contribution >= 4 is 0 Å². The number of aryl methyl sites for hydroxylation is 1. The molecule has 3 heteroatoms. The van der Waals surface area contributed by atoms with E-state index in [0.717, 1.165) is 30.0 Å². The summed E-state index contributed by atoms with van der Waals surface area (Å²) in [7, 11) is 0. The molecule has 0 saturated heterocycles. The molecule has 1 nitrogen and oxygen atoms in total. The molecule has 92 valence electrons. The lowest BCUT2D eigenvalue weighted by Gasteiger charge is -2.08. The predicted molar refractivity (Wildman–Crippen MR) is 67.0 cm³/mol. The second-order valence-electron chi connectivity index (χ2n) is 4.72. The van der Waals surface area contributed by atoms with Crippen LogP contribution in [0, 0.1) is 11.6 Å². The fraction of sp³-hybridized carbons (Fsp3) is 0.200. The molecule has 18 heavy (non-hydrogen) atoms. The van der Waals surface area contributed by atoms with Crippen molar-refractivity contribution in [2.75, 3.05) is 0 Å². The number of rotatable bonds is 1. The lowest BCUT2D eigenvalue weighted by molar-refractivity contribution is 0.584. The van der Waals surface area contributed by atoms with Crippen LogP contribution in [0.1, 0.15) is 23.6 Å². The van der Waals surface area contributed by atoms with Crippen LogP contribution in [-0.2, 0) is 6.42 Å². The average molecular weight is 245 g/mol. The summed E-state index contributed by atoms with van der Waals surface area (Å²) >= 11 is 0. The molecule has 1 atom stereocenters. The van der Waals surface area contributed by atoms with Gasteiger partial charge in [0.15, 0.2) is 0 Å². The van der Waals surface area contributed by atoms with Crippen LogP contribution in [0.3, 0.4) is 0 Å². The second kappa shape index (κ2) is 4.18. The van der Waals surface area contributed by atoms with Gasteiger partial charge in [-0.05, 0) is 47.2 Å². The zero-order valence-electron chi connectivity index (χ0n) is 9.79. The van der Waals surface area contributed by atoms with E-state index in [2.05, 4.69) is 0 Å². The van der Waals surface area contributed by atoms with Crippen molar-refractivity contribution in [3.05, 3.63) is 59.2 Å². The van der Waals surface area contributed by atoms with Gasteiger partial charge in [0.1, 0.15) is 11.6 Å². The molecule has 2 aromatic rings. The van der Waals surface area contributed by atoms with Crippen LogP contribution in [0.15, 0.2) is 36.4 Å². The summed E-state index contributed by atoms with van der Waals surface area (Å²) < 4.78 is 26.4. The fourth-order valence-electron chi connectivity index (χ4n) is 2.55. The van der Waals surface area contributed by atoms with Crippen molar-refractivity contribution in [2.45, 2.75) is 18.9 Å². The van der Waals surface area contributed by atoms with E-state index in [-0.39, 0.29) is 6.04 Å². The Labute approximate surface area is 104 Å². The first-order valence-electron chi connectivity index (χ1n) is 5.98. The lowest BCUT2D eigenvalue weighted by Crippen LogP contribution is -2.04. The Bertz CT molecular complexity index is 587. The molecule has 1 aliphatic carbocycles. The molecule has 2 N–H and O–H groups in total. The summed E-state index contributed by atoms with van der Waals surface area (Å²) in [5.74, 6) is -1.11. The van der Waals surface area contributed by atoms with E-state index >= 15 is 0 Å². The van der Waals surface area contributed by atoms with Crippen molar-refractivity contribution in [1.29, 1.82) is 0 Å². The molecule has 0 spiro atoms. The molecule has 3 rings (SSSR count). The maximum absolute atomic E-state index is 13.2. The van der Waals surface area contributed by atoms with Crippen molar-refractivity contribution in [1.82, 2.24) is 0 Å². The molecule has 0 saturated carbocycles. The maximum atomic E-state index is 13.2. The molecule has 0 fully saturated rings. The van der Waals surface area contributed by atoms with Gasteiger partial charge in [0.05, 0.1) is 0 Å². The Balaban J connectivity index is 2.07. The molecule has 0 amide bonds. The summed E-state index contributed by atoms with van der Waals surface area (Å²) in [5, 5.41) is 0. The minimum Gasteiger partial charge on any atom is -0.324 e. The number of hydrogen-bond acceptors (Lipinski definition) is 1. The van der Waals surface area contributed by atoms with Gasteiger partial charge in [-0.2, -0.15) is 0 Å². The summed E-state index contributed by atoms with van der Waals surface area (Å²) in [6.45, 7) is 0. The van der Waals surface area contributed by atoms with E-state index in [1.54, 1.807) is 0 Å². The first-order valence-corrected chi connectivity index (χ1v) is 5.98. The molecule has 0 radical (unpaired) electrons. The smallest absolute Gasteiger partial charge is 0.126 e. The first-order chi connectivity index (χ1) is 8.63. The maximum Gasteiger partial charge on any atom is 0.126 e. The first kappa shape index (κ1) is 11.4. The number of benzene rings is 2. The topological polar surface area (TPSA) is 26.0 Å². The minimum absolute atomic E-state index is 0.0956. The second-order valence-corrected chi connectivity index (χ2v) is 4.72. The summed E-state index contributed by atoms with van der Waals surface area (Å²) in [6.07, 6.45) is 1.87. The quantitative estimate of drug-likeness (QED) is 0.816. The van der Waals surface area contributed by atoms with Crippen molar-refractivity contribution in [2.24, 2.45) is 5.73 Å². The molecular formula is C15H13F2N. The van der Waals surface area contributed by atoms with Gasteiger partial charge in [0.2, 0.25) is 0 Å². The van der Waals surface area contributed by atoms with Gasteiger partial charge >= 0.3 is 0 Å². The summed E-state index contributed by atoms with van der Waals surface area (Å²) in [5.41, 5.74) is 9.70. The highest BCUT2D eigenvalue weighted by atomic mass is 19.1. The van der Waals surface area contributed by atoms with Crippen LogP contribution < -0.4 is 5.73 Å².